The molecule has 1 aliphatic heterocycles. The van der Waals surface area contributed by atoms with E-state index in [0.717, 1.165) is 48.6 Å². The van der Waals surface area contributed by atoms with Crippen LogP contribution in [-0.4, -0.2) is 72.8 Å². The standard InChI is InChI=1S/C25H28FN5O3/c1-33-21-11-17-18(12-22(21)34-2)25-19(13-27-29-25)24(17)28-23(32)15-31-9-7-30(8-10-31)14-16-5-3-4-6-20(16)26/h3-6,11-13,24H,7-10,14-15H2,1-2H3,(H,27,29)(H,28,32). The highest BCUT2D eigenvalue weighted by Crippen LogP contribution is 2.46. The predicted molar refractivity (Wildman–Crippen MR) is 125 cm³/mol. The number of aromatic nitrogens is 2. The summed E-state index contributed by atoms with van der Waals surface area (Å²) in [5, 5.41) is 10.4. The minimum atomic E-state index is -0.307. The highest BCUT2D eigenvalue weighted by Gasteiger charge is 2.33. The van der Waals surface area contributed by atoms with Gasteiger partial charge >= 0.3 is 0 Å². The van der Waals surface area contributed by atoms with Gasteiger partial charge in [0.2, 0.25) is 5.91 Å². The summed E-state index contributed by atoms with van der Waals surface area (Å²) in [6.07, 6.45) is 1.75. The molecule has 0 spiro atoms. The van der Waals surface area contributed by atoms with Crippen molar-refractivity contribution in [3.8, 4) is 22.8 Å². The number of benzene rings is 2. The van der Waals surface area contributed by atoms with Crippen LogP contribution in [0.3, 0.4) is 0 Å². The molecule has 1 aliphatic carbocycles. The maximum absolute atomic E-state index is 14.0. The molecule has 3 aromatic rings. The summed E-state index contributed by atoms with van der Waals surface area (Å²) in [6, 6.07) is 10.4. The number of methoxy groups -OCH3 is 2. The fraction of sp³-hybridized carbons (Fsp3) is 0.360. The Morgan fingerprint density at radius 2 is 1.79 bits per heavy atom. The highest BCUT2D eigenvalue weighted by atomic mass is 19.1. The number of hydrogen-bond acceptors (Lipinski definition) is 6. The van der Waals surface area contributed by atoms with E-state index in [4.69, 9.17) is 9.47 Å². The molecule has 2 heterocycles. The second kappa shape index (κ2) is 9.44. The summed E-state index contributed by atoms with van der Waals surface area (Å²) >= 11 is 0. The first kappa shape index (κ1) is 22.4. The number of carbonyl (C=O) groups is 1. The lowest BCUT2D eigenvalue weighted by Gasteiger charge is -2.34. The number of H-pyrrole nitrogens is 1. The van der Waals surface area contributed by atoms with Crippen LogP contribution in [-0.2, 0) is 11.3 Å². The molecule has 5 rings (SSSR count). The number of hydrogen-bond donors (Lipinski definition) is 2. The molecule has 1 fully saturated rings. The van der Waals surface area contributed by atoms with Crippen LogP contribution < -0.4 is 14.8 Å². The van der Waals surface area contributed by atoms with E-state index in [1.807, 2.05) is 24.3 Å². The Morgan fingerprint density at radius 1 is 1.09 bits per heavy atom. The first-order chi connectivity index (χ1) is 16.6. The van der Waals surface area contributed by atoms with Crippen molar-refractivity contribution in [2.24, 2.45) is 0 Å². The van der Waals surface area contributed by atoms with E-state index in [1.54, 1.807) is 26.5 Å². The van der Waals surface area contributed by atoms with Crippen molar-refractivity contribution < 1.29 is 18.7 Å². The van der Waals surface area contributed by atoms with E-state index in [2.05, 4.69) is 25.3 Å². The average Bonchev–Trinajstić information content (AvgIpc) is 3.43. The smallest absolute Gasteiger partial charge is 0.234 e. The number of piperazine rings is 1. The van der Waals surface area contributed by atoms with Crippen molar-refractivity contribution in [3.05, 3.63) is 65.1 Å². The largest absolute Gasteiger partial charge is 0.493 e. The van der Waals surface area contributed by atoms with Crippen molar-refractivity contribution >= 4 is 5.91 Å². The van der Waals surface area contributed by atoms with Gasteiger partial charge in [-0.15, -0.1) is 0 Å². The molecular formula is C25H28FN5O3. The number of fused-ring (bicyclic) bond motifs is 3. The van der Waals surface area contributed by atoms with Gasteiger partial charge in [-0.1, -0.05) is 18.2 Å². The van der Waals surface area contributed by atoms with Gasteiger partial charge in [0.1, 0.15) is 5.82 Å². The first-order valence-electron chi connectivity index (χ1n) is 11.3. The minimum Gasteiger partial charge on any atom is -0.493 e. The number of nitrogens with one attached hydrogen (secondary N) is 2. The third-order valence-electron chi connectivity index (χ3n) is 6.60. The van der Waals surface area contributed by atoms with Gasteiger partial charge in [0.05, 0.1) is 38.7 Å². The Bertz CT molecular complexity index is 1190. The second-order valence-electron chi connectivity index (χ2n) is 8.64. The van der Waals surface area contributed by atoms with Gasteiger partial charge in [0.15, 0.2) is 11.5 Å². The Hall–Kier alpha value is -3.43. The zero-order chi connectivity index (χ0) is 23.7. The molecule has 1 saturated heterocycles. The molecule has 2 N–H and O–H groups in total. The van der Waals surface area contributed by atoms with Crippen LogP contribution in [0.15, 0.2) is 42.6 Å². The monoisotopic (exact) mass is 465 g/mol. The van der Waals surface area contributed by atoms with Gasteiger partial charge in [0, 0.05) is 49.4 Å². The Morgan fingerprint density at radius 3 is 2.53 bits per heavy atom. The third kappa shape index (κ3) is 4.24. The molecule has 1 unspecified atom stereocenters. The van der Waals surface area contributed by atoms with Crippen molar-refractivity contribution in [1.82, 2.24) is 25.3 Å². The fourth-order valence-corrected chi connectivity index (χ4v) is 4.79. The van der Waals surface area contributed by atoms with Crippen LogP contribution in [0.2, 0.25) is 0 Å². The van der Waals surface area contributed by atoms with Crippen LogP contribution in [0.5, 0.6) is 11.5 Å². The van der Waals surface area contributed by atoms with E-state index >= 15 is 0 Å². The van der Waals surface area contributed by atoms with Gasteiger partial charge in [0.25, 0.3) is 0 Å². The number of halogens is 1. The molecule has 1 amide bonds. The summed E-state index contributed by atoms with van der Waals surface area (Å²) in [5.41, 5.74) is 4.40. The quantitative estimate of drug-likeness (QED) is 0.558. The minimum absolute atomic E-state index is 0.0534. The number of ether oxygens (including phenoxy) is 2. The van der Waals surface area contributed by atoms with Gasteiger partial charge in [-0.2, -0.15) is 5.10 Å². The second-order valence-corrected chi connectivity index (χ2v) is 8.64. The maximum Gasteiger partial charge on any atom is 0.234 e. The molecule has 1 atom stereocenters. The Kier molecular flexibility index (Phi) is 6.21. The van der Waals surface area contributed by atoms with Gasteiger partial charge in [-0.05, 0) is 23.8 Å². The van der Waals surface area contributed by atoms with Crippen LogP contribution in [0.1, 0.15) is 22.7 Å². The number of amides is 1. The molecule has 9 heteroatoms. The molecule has 34 heavy (non-hydrogen) atoms. The normalized spacial score (nSPS) is 17.8. The Balaban J connectivity index is 1.22. The van der Waals surface area contributed by atoms with Crippen LogP contribution >= 0.6 is 0 Å². The first-order valence-corrected chi connectivity index (χ1v) is 11.3. The van der Waals surface area contributed by atoms with E-state index < -0.39 is 0 Å². The maximum atomic E-state index is 14.0. The molecule has 2 aromatic carbocycles. The van der Waals surface area contributed by atoms with Crippen LogP contribution in [0.25, 0.3) is 11.3 Å². The zero-order valence-electron chi connectivity index (χ0n) is 19.3. The number of aromatic amines is 1. The molecule has 0 radical (unpaired) electrons. The van der Waals surface area contributed by atoms with E-state index in [9.17, 15) is 9.18 Å². The number of carbonyl (C=O) groups excluding carboxylic acids is 1. The Labute approximate surface area is 197 Å². The third-order valence-corrected chi connectivity index (χ3v) is 6.60. The summed E-state index contributed by atoms with van der Waals surface area (Å²) in [5.74, 6) is 1.02. The lowest BCUT2D eigenvalue weighted by Crippen LogP contribution is -2.49. The van der Waals surface area contributed by atoms with Crippen LogP contribution in [0, 0.1) is 5.82 Å². The molecule has 2 aliphatic rings. The summed E-state index contributed by atoms with van der Waals surface area (Å²) in [4.78, 5) is 17.4. The van der Waals surface area contributed by atoms with Crippen molar-refractivity contribution in [2.45, 2.75) is 12.6 Å². The van der Waals surface area contributed by atoms with Gasteiger partial charge in [-0.25, -0.2) is 4.39 Å². The lowest BCUT2D eigenvalue weighted by atomic mass is 10.0. The number of rotatable bonds is 7. The highest BCUT2D eigenvalue weighted by molar-refractivity contribution is 5.84. The average molecular weight is 466 g/mol. The molecule has 178 valence electrons. The zero-order valence-corrected chi connectivity index (χ0v) is 19.3. The summed E-state index contributed by atoms with van der Waals surface area (Å²) in [6.45, 7) is 3.98. The topological polar surface area (TPSA) is 82.7 Å². The van der Waals surface area contributed by atoms with Gasteiger partial charge in [-0.3, -0.25) is 19.7 Å². The van der Waals surface area contributed by atoms with E-state index in [0.29, 0.717) is 30.2 Å². The fourth-order valence-electron chi connectivity index (χ4n) is 4.79. The summed E-state index contributed by atoms with van der Waals surface area (Å²) < 4.78 is 24.9. The lowest BCUT2D eigenvalue weighted by molar-refractivity contribution is -0.123. The SMILES string of the molecule is COc1cc2c(cc1OC)C(NC(=O)CN1CCN(Cc3ccccc3F)CC1)c1cn[nH]c1-2. The van der Waals surface area contributed by atoms with Gasteiger partial charge < -0.3 is 14.8 Å². The summed E-state index contributed by atoms with van der Waals surface area (Å²) in [7, 11) is 3.20. The van der Waals surface area contributed by atoms with Crippen molar-refractivity contribution in [2.75, 3.05) is 46.9 Å². The molecule has 0 bridgehead atoms. The number of nitrogens with zero attached hydrogens (tertiary/aromatic N) is 3. The van der Waals surface area contributed by atoms with E-state index in [1.165, 1.54) is 6.07 Å². The molecule has 8 nitrogen and oxygen atoms in total. The molecule has 0 saturated carbocycles. The molecular weight excluding hydrogens is 437 g/mol. The molecule has 1 aromatic heterocycles. The van der Waals surface area contributed by atoms with Crippen LogP contribution in [0.4, 0.5) is 4.39 Å². The predicted octanol–water partition coefficient (Wildman–Crippen LogP) is 2.57. The van der Waals surface area contributed by atoms with E-state index in [-0.39, 0.29) is 17.8 Å². The van der Waals surface area contributed by atoms with Crippen molar-refractivity contribution in [1.29, 1.82) is 0 Å². The van der Waals surface area contributed by atoms with Crippen molar-refractivity contribution in [3.63, 3.8) is 0 Å².